The molecular formula is C19H19F3N2O4. The summed E-state index contributed by atoms with van der Waals surface area (Å²) in [5.41, 5.74) is -0.520. The van der Waals surface area contributed by atoms with E-state index in [2.05, 4.69) is 10.6 Å². The molecule has 2 amide bonds. The molecule has 0 aliphatic rings. The van der Waals surface area contributed by atoms with E-state index in [1.807, 2.05) is 0 Å². The van der Waals surface area contributed by atoms with Gasteiger partial charge in [0.05, 0.1) is 12.7 Å². The van der Waals surface area contributed by atoms with Crippen LogP contribution in [0.25, 0.3) is 0 Å². The van der Waals surface area contributed by atoms with E-state index >= 15 is 0 Å². The molecule has 0 aliphatic heterocycles. The fourth-order valence-electron chi connectivity index (χ4n) is 2.24. The molecule has 28 heavy (non-hydrogen) atoms. The van der Waals surface area contributed by atoms with Crippen molar-refractivity contribution < 1.29 is 32.2 Å². The van der Waals surface area contributed by atoms with E-state index in [0.717, 1.165) is 12.1 Å². The van der Waals surface area contributed by atoms with Gasteiger partial charge in [-0.2, -0.15) is 13.2 Å². The molecule has 0 spiro atoms. The predicted molar refractivity (Wildman–Crippen MR) is 95.3 cm³/mol. The maximum atomic E-state index is 12.9. The molecule has 2 aromatic rings. The third-order valence-corrected chi connectivity index (χ3v) is 3.64. The van der Waals surface area contributed by atoms with Gasteiger partial charge in [0.2, 0.25) is 0 Å². The van der Waals surface area contributed by atoms with Crippen molar-refractivity contribution in [2.24, 2.45) is 0 Å². The van der Waals surface area contributed by atoms with E-state index in [-0.39, 0.29) is 19.0 Å². The molecule has 0 atom stereocenters. The number of para-hydroxylation sites is 1. The zero-order valence-corrected chi connectivity index (χ0v) is 15.0. The molecule has 0 aromatic heterocycles. The lowest BCUT2D eigenvalue weighted by molar-refractivity contribution is -0.139. The molecule has 2 aromatic carbocycles. The Morgan fingerprint density at radius 3 is 2.25 bits per heavy atom. The van der Waals surface area contributed by atoms with Crippen molar-refractivity contribution >= 4 is 11.8 Å². The summed E-state index contributed by atoms with van der Waals surface area (Å²) in [5, 5.41) is 5.07. The summed E-state index contributed by atoms with van der Waals surface area (Å²) < 4.78 is 48.5. The molecule has 2 rings (SSSR count). The average Bonchev–Trinajstić information content (AvgIpc) is 2.69. The Kier molecular flexibility index (Phi) is 7.25. The van der Waals surface area contributed by atoms with Gasteiger partial charge in [-0.15, -0.1) is 0 Å². The summed E-state index contributed by atoms with van der Waals surface area (Å²) in [7, 11) is 1.52. The Labute approximate surface area is 159 Å². The standard InChI is InChI=1S/C19H19F3N2O4/c1-27-14-8-6-13(7-9-14)18(26)24-11-10-23-17(25)12-28-16-5-3-2-4-15(16)19(20,21)22/h2-9H,10-12H2,1H3,(H,23,25)(H,24,26). The van der Waals surface area contributed by atoms with Crippen LogP contribution < -0.4 is 20.1 Å². The molecule has 2 N–H and O–H groups in total. The van der Waals surface area contributed by atoms with Gasteiger partial charge in [-0.25, -0.2) is 0 Å². The summed E-state index contributed by atoms with van der Waals surface area (Å²) in [5.74, 6) is -0.725. The summed E-state index contributed by atoms with van der Waals surface area (Å²) in [6.07, 6.45) is -4.57. The Balaban J connectivity index is 1.72. The molecule has 9 heteroatoms. The van der Waals surface area contributed by atoms with Gasteiger partial charge in [0.25, 0.3) is 11.8 Å². The number of carbonyl (C=O) groups excluding carboxylic acids is 2. The van der Waals surface area contributed by atoms with E-state index < -0.39 is 30.0 Å². The van der Waals surface area contributed by atoms with Gasteiger partial charge in [0, 0.05) is 18.7 Å². The fourth-order valence-corrected chi connectivity index (χ4v) is 2.24. The molecule has 0 aliphatic carbocycles. The second-order valence-electron chi connectivity index (χ2n) is 5.62. The smallest absolute Gasteiger partial charge is 0.419 e. The number of rotatable bonds is 8. The predicted octanol–water partition coefficient (Wildman–Crippen LogP) is 2.64. The average molecular weight is 396 g/mol. The van der Waals surface area contributed by atoms with Crippen LogP contribution in [0, 0.1) is 0 Å². The van der Waals surface area contributed by atoms with Gasteiger partial charge < -0.3 is 20.1 Å². The van der Waals surface area contributed by atoms with Gasteiger partial charge in [-0.05, 0) is 36.4 Å². The third-order valence-electron chi connectivity index (χ3n) is 3.64. The maximum Gasteiger partial charge on any atom is 0.419 e. The molecule has 150 valence electrons. The number of hydrogen-bond donors (Lipinski definition) is 2. The van der Waals surface area contributed by atoms with Crippen molar-refractivity contribution in [2.45, 2.75) is 6.18 Å². The van der Waals surface area contributed by atoms with Gasteiger partial charge in [0.1, 0.15) is 11.5 Å². The van der Waals surface area contributed by atoms with E-state index in [1.165, 1.54) is 19.2 Å². The number of alkyl halides is 3. The van der Waals surface area contributed by atoms with Crippen LogP contribution in [0.2, 0.25) is 0 Å². The molecular weight excluding hydrogens is 377 g/mol. The molecule has 0 radical (unpaired) electrons. The Morgan fingerprint density at radius 1 is 0.964 bits per heavy atom. The number of nitrogens with one attached hydrogen (secondary N) is 2. The zero-order valence-electron chi connectivity index (χ0n) is 15.0. The first kappa shape index (κ1) is 21.1. The van der Waals surface area contributed by atoms with E-state index in [4.69, 9.17) is 9.47 Å². The lowest BCUT2D eigenvalue weighted by Crippen LogP contribution is -2.36. The van der Waals surface area contributed by atoms with Crippen molar-refractivity contribution in [3.8, 4) is 11.5 Å². The quantitative estimate of drug-likeness (QED) is 0.673. The number of amides is 2. The van der Waals surface area contributed by atoms with Gasteiger partial charge in [-0.1, -0.05) is 12.1 Å². The fraction of sp³-hybridized carbons (Fsp3) is 0.263. The summed E-state index contributed by atoms with van der Waals surface area (Å²) in [4.78, 5) is 23.7. The highest BCUT2D eigenvalue weighted by Gasteiger charge is 2.34. The first-order valence-corrected chi connectivity index (χ1v) is 8.29. The highest BCUT2D eigenvalue weighted by atomic mass is 19.4. The summed E-state index contributed by atoms with van der Waals surface area (Å²) in [6, 6.07) is 11.1. The number of benzene rings is 2. The molecule has 0 saturated carbocycles. The topological polar surface area (TPSA) is 76.7 Å². The van der Waals surface area contributed by atoms with Crippen molar-refractivity contribution in [1.82, 2.24) is 10.6 Å². The zero-order chi connectivity index (χ0) is 20.6. The van der Waals surface area contributed by atoms with Gasteiger partial charge >= 0.3 is 6.18 Å². The van der Waals surface area contributed by atoms with Crippen LogP contribution in [0.3, 0.4) is 0 Å². The first-order chi connectivity index (χ1) is 13.3. The van der Waals surface area contributed by atoms with Crippen LogP contribution in [0.4, 0.5) is 13.2 Å². The summed E-state index contributed by atoms with van der Waals surface area (Å²) in [6.45, 7) is -0.319. The second-order valence-corrected chi connectivity index (χ2v) is 5.62. The van der Waals surface area contributed by atoms with Crippen LogP contribution >= 0.6 is 0 Å². The SMILES string of the molecule is COc1ccc(C(=O)NCCNC(=O)COc2ccccc2C(F)(F)F)cc1. The molecule has 0 heterocycles. The number of carbonyl (C=O) groups is 2. The number of ether oxygens (including phenoxy) is 2. The highest BCUT2D eigenvalue weighted by molar-refractivity contribution is 5.94. The van der Waals surface area contributed by atoms with Crippen molar-refractivity contribution in [3.63, 3.8) is 0 Å². The minimum absolute atomic E-state index is 0.102. The van der Waals surface area contributed by atoms with Gasteiger partial charge in [-0.3, -0.25) is 9.59 Å². The van der Waals surface area contributed by atoms with Crippen molar-refractivity contribution in [1.29, 1.82) is 0 Å². The Hall–Kier alpha value is -3.23. The normalized spacial score (nSPS) is 10.9. The van der Waals surface area contributed by atoms with Crippen molar-refractivity contribution in [3.05, 3.63) is 59.7 Å². The first-order valence-electron chi connectivity index (χ1n) is 8.29. The highest BCUT2D eigenvalue weighted by Crippen LogP contribution is 2.35. The van der Waals surface area contributed by atoms with Crippen molar-refractivity contribution in [2.75, 3.05) is 26.8 Å². The molecule has 0 saturated heterocycles. The second kappa shape index (κ2) is 9.63. The number of hydrogen-bond acceptors (Lipinski definition) is 4. The Bertz CT molecular complexity index is 808. The number of methoxy groups -OCH3 is 1. The van der Waals surface area contributed by atoms with Gasteiger partial charge in [0.15, 0.2) is 6.61 Å². The number of halogens is 3. The largest absolute Gasteiger partial charge is 0.497 e. The molecule has 0 fully saturated rings. The Morgan fingerprint density at radius 2 is 1.61 bits per heavy atom. The van der Waals surface area contributed by atoms with Crippen LogP contribution in [0.15, 0.2) is 48.5 Å². The summed E-state index contributed by atoms with van der Waals surface area (Å²) >= 11 is 0. The van der Waals surface area contributed by atoms with Crippen LogP contribution in [-0.2, 0) is 11.0 Å². The maximum absolute atomic E-state index is 12.9. The molecule has 0 unspecified atom stereocenters. The van der Waals surface area contributed by atoms with E-state index in [9.17, 15) is 22.8 Å². The minimum atomic E-state index is -4.57. The van der Waals surface area contributed by atoms with E-state index in [1.54, 1.807) is 24.3 Å². The molecule has 0 bridgehead atoms. The lowest BCUT2D eigenvalue weighted by Gasteiger charge is -2.13. The van der Waals surface area contributed by atoms with E-state index in [0.29, 0.717) is 11.3 Å². The van der Waals surface area contributed by atoms with Crippen LogP contribution in [-0.4, -0.2) is 38.6 Å². The monoisotopic (exact) mass is 396 g/mol. The van der Waals surface area contributed by atoms with Crippen LogP contribution in [0.5, 0.6) is 11.5 Å². The lowest BCUT2D eigenvalue weighted by atomic mass is 10.2. The molecule has 6 nitrogen and oxygen atoms in total. The third kappa shape index (κ3) is 6.19. The minimum Gasteiger partial charge on any atom is -0.497 e. The van der Waals surface area contributed by atoms with Crippen LogP contribution in [0.1, 0.15) is 15.9 Å².